The Hall–Kier alpha value is -0.320. The predicted octanol–water partition coefficient (Wildman–Crippen LogP) is 1.29. The van der Waals surface area contributed by atoms with E-state index in [2.05, 4.69) is 11.8 Å². The monoisotopic (exact) mass is 479 g/mol. The van der Waals surface area contributed by atoms with Gasteiger partial charge in [0.15, 0.2) is 0 Å². The molecule has 2 saturated heterocycles. The Labute approximate surface area is 202 Å². The van der Waals surface area contributed by atoms with E-state index in [-0.39, 0.29) is 53.8 Å². The van der Waals surface area contributed by atoms with Gasteiger partial charge in [-0.05, 0) is 31.7 Å². The van der Waals surface area contributed by atoms with Crippen molar-refractivity contribution < 1.29 is 33.5 Å². The van der Waals surface area contributed by atoms with Crippen LogP contribution in [0.4, 0.5) is 0 Å². The molecule has 7 aliphatic rings. The lowest BCUT2D eigenvalue weighted by molar-refractivity contribution is -0.287. The van der Waals surface area contributed by atoms with Crippen molar-refractivity contribution in [1.29, 1.82) is 0 Å². The number of nitrogens with zero attached hydrogens (tertiary/aromatic N) is 1. The third kappa shape index (κ3) is 2.05. The summed E-state index contributed by atoms with van der Waals surface area (Å²) in [7, 11) is 7.32. The van der Waals surface area contributed by atoms with Gasteiger partial charge in [0, 0.05) is 70.0 Å². The average molecular weight is 480 g/mol. The summed E-state index contributed by atoms with van der Waals surface area (Å²) in [6, 6.07) is 0.0378. The molecule has 5 aliphatic carbocycles. The Morgan fingerprint density at radius 3 is 2.59 bits per heavy atom. The van der Waals surface area contributed by atoms with Crippen LogP contribution in [-0.2, 0) is 28.4 Å². The van der Waals surface area contributed by atoms with E-state index in [9.17, 15) is 5.11 Å². The first-order chi connectivity index (χ1) is 16.5. The standard InChI is InChI=1S/C26H41NO7/c1-6-27-11-23(12-29-2)8-7-17(31-4)25-15-9-14-16(30-3)10-24(18(15)19(14)32-5)26(22(25)27,34-13-33-24)21(28)20(23)25/h14-22,28H,6-13H2,1-5H3/t14-,15-,16+,17+,18-,19+,20+,21+,22+,23+,24-,25-,26-/m1/s1. The molecule has 192 valence electrons. The number of fused-ring (bicyclic) bond motifs is 1. The number of rotatable bonds is 6. The Bertz CT molecular complexity index is 859. The van der Waals surface area contributed by atoms with Crippen LogP contribution in [0, 0.1) is 34.5 Å². The fourth-order valence-corrected chi connectivity index (χ4v) is 11.7. The van der Waals surface area contributed by atoms with Crippen LogP contribution in [0.1, 0.15) is 32.6 Å². The molecule has 0 aromatic heterocycles. The number of likely N-dealkylation sites (N-methyl/N-ethyl adjacent to an activating group) is 1. The van der Waals surface area contributed by atoms with E-state index in [0.29, 0.717) is 18.4 Å². The Morgan fingerprint density at radius 1 is 1.09 bits per heavy atom. The Kier molecular flexibility index (Phi) is 4.81. The van der Waals surface area contributed by atoms with E-state index in [1.807, 2.05) is 21.3 Å². The summed E-state index contributed by atoms with van der Waals surface area (Å²) >= 11 is 0. The average Bonchev–Trinajstić information content (AvgIpc) is 3.42. The topological polar surface area (TPSA) is 78.9 Å². The first-order valence-electron chi connectivity index (χ1n) is 13.2. The van der Waals surface area contributed by atoms with Gasteiger partial charge in [0.25, 0.3) is 0 Å². The molecule has 34 heavy (non-hydrogen) atoms. The molecule has 3 spiro atoms. The fourth-order valence-electron chi connectivity index (χ4n) is 11.7. The number of ether oxygens (including phenoxy) is 6. The first kappa shape index (κ1) is 22.8. The predicted molar refractivity (Wildman–Crippen MR) is 121 cm³/mol. The summed E-state index contributed by atoms with van der Waals surface area (Å²) in [6.07, 6.45) is 3.20. The molecular formula is C26H41NO7. The van der Waals surface area contributed by atoms with Crippen LogP contribution in [-0.4, -0.2) is 107 Å². The number of aliphatic hydroxyl groups is 1. The number of hydrogen-bond acceptors (Lipinski definition) is 8. The van der Waals surface area contributed by atoms with Crippen LogP contribution < -0.4 is 0 Å². The third-order valence-corrected chi connectivity index (χ3v) is 12.0. The molecule has 0 radical (unpaired) electrons. The van der Waals surface area contributed by atoms with Crippen LogP contribution in [0.2, 0.25) is 0 Å². The summed E-state index contributed by atoms with van der Waals surface area (Å²) in [5.74, 6) is 0.813. The van der Waals surface area contributed by atoms with Gasteiger partial charge in [-0.15, -0.1) is 0 Å². The number of piperidine rings is 1. The van der Waals surface area contributed by atoms with Crippen molar-refractivity contribution >= 4 is 0 Å². The minimum absolute atomic E-state index is 0.0240. The zero-order valence-corrected chi connectivity index (χ0v) is 21.2. The summed E-state index contributed by atoms with van der Waals surface area (Å²) in [5, 5.41) is 12.6. The highest BCUT2D eigenvalue weighted by molar-refractivity contribution is 5.42. The lowest BCUT2D eigenvalue weighted by Crippen LogP contribution is -2.81. The van der Waals surface area contributed by atoms with Gasteiger partial charge in [0.2, 0.25) is 0 Å². The summed E-state index contributed by atoms with van der Waals surface area (Å²) in [5.41, 5.74) is -1.83. The van der Waals surface area contributed by atoms with Crippen molar-refractivity contribution in [3.63, 3.8) is 0 Å². The molecule has 0 aromatic carbocycles. The molecule has 0 aromatic rings. The van der Waals surface area contributed by atoms with Gasteiger partial charge in [0.05, 0.1) is 37.1 Å². The summed E-state index contributed by atoms with van der Waals surface area (Å²) < 4.78 is 38.3. The zero-order valence-electron chi connectivity index (χ0n) is 21.2. The van der Waals surface area contributed by atoms with E-state index in [1.54, 1.807) is 7.11 Å². The van der Waals surface area contributed by atoms with Gasteiger partial charge in [-0.3, -0.25) is 4.90 Å². The normalized spacial score (nSPS) is 61.1. The van der Waals surface area contributed by atoms with Gasteiger partial charge in [-0.2, -0.15) is 0 Å². The first-order valence-corrected chi connectivity index (χ1v) is 13.2. The van der Waals surface area contributed by atoms with E-state index >= 15 is 0 Å². The third-order valence-electron chi connectivity index (χ3n) is 12.0. The smallest absolute Gasteiger partial charge is 0.148 e. The molecule has 8 nitrogen and oxygen atoms in total. The fraction of sp³-hybridized carbons (Fsp3) is 1.00. The van der Waals surface area contributed by atoms with Crippen molar-refractivity contribution in [1.82, 2.24) is 4.90 Å². The molecular weight excluding hydrogens is 438 g/mol. The number of aliphatic hydroxyl groups excluding tert-OH is 1. The lowest BCUT2D eigenvalue weighted by Gasteiger charge is -2.70. The SMILES string of the molecule is CCN1C[C@]2(COC)CC[C@H](OC)[C@]34[C@@H]5C[C@H]6[C@H](OC)[C@@H]5[C@@]5(C[C@@H]6OC)OCO[C@]5([C@@H](O)[C@@H]23)[C@@H]14. The lowest BCUT2D eigenvalue weighted by atomic mass is 9.42. The summed E-state index contributed by atoms with van der Waals surface area (Å²) in [6.45, 7) is 4.93. The van der Waals surface area contributed by atoms with Crippen LogP contribution in [0.3, 0.4) is 0 Å². The van der Waals surface area contributed by atoms with Gasteiger partial charge >= 0.3 is 0 Å². The van der Waals surface area contributed by atoms with Gasteiger partial charge in [-0.1, -0.05) is 6.92 Å². The minimum Gasteiger partial charge on any atom is -0.390 e. The van der Waals surface area contributed by atoms with E-state index < -0.39 is 17.3 Å². The highest BCUT2D eigenvalue weighted by atomic mass is 16.7. The van der Waals surface area contributed by atoms with Crippen molar-refractivity contribution in [2.45, 2.75) is 74.3 Å². The maximum absolute atomic E-state index is 12.6. The van der Waals surface area contributed by atoms with E-state index in [0.717, 1.165) is 38.8 Å². The number of methoxy groups -OCH3 is 4. The van der Waals surface area contributed by atoms with Crippen molar-refractivity contribution in [3.05, 3.63) is 0 Å². The van der Waals surface area contributed by atoms with Gasteiger partial charge in [0.1, 0.15) is 18.0 Å². The maximum Gasteiger partial charge on any atom is 0.148 e. The highest BCUT2D eigenvalue weighted by Gasteiger charge is 2.93. The van der Waals surface area contributed by atoms with Crippen LogP contribution in [0.25, 0.3) is 0 Å². The molecule has 5 saturated carbocycles. The number of hydrogen-bond donors (Lipinski definition) is 1. The zero-order chi connectivity index (χ0) is 23.7. The van der Waals surface area contributed by atoms with Crippen molar-refractivity contribution in [2.75, 3.05) is 54.9 Å². The molecule has 1 N–H and O–H groups in total. The molecule has 0 amide bonds. The maximum atomic E-state index is 12.6. The Balaban J connectivity index is 1.55. The van der Waals surface area contributed by atoms with Crippen molar-refractivity contribution in [3.8, 4) is 0 Å². The molecule has 8 heteroatoms. The van der Waals surface area contributed by atoms with Crippen molar-refractivity contribution in [2.24, 2.45) is 34.5 Å². The quantitative estimate of drug-likeness (QED) is 0.611. The van der Waals surface area contributed by atoms with E-state index in [4.69, 9.17) is 28.4 Å². The molecule has 7 fully saturated rings. The molecule has 7 bridgehead atoms. The largest absolute Gasteiger partial charge is 0.390 e. The molecule has 2 aliphatic heterocycles. The molecule has 0 unspecified atom stereocenters. The highest BCUT2D eigenvalue weighted by Crippen LogP contribution is 2.82. The van der Waals surface area contributed by atoms with E-state index in [1.165, 1.54) is 0 Å². The van der Waals surface area contributed by atoms with Crippen LogP contribution >= 0.6 is 0 Å². The number of likely N-dealkylation sites (tertiary alicyclic amines) is 1. The van der Waals surface area contributed by atoms with Crippen LogP contribution in [0.5, 0.6) is 0 Å². The Morgan fingerprint density at radius 2 is 1.91 bits per heavy atom. The second kappa shape index (κ2) is 7.16. The molecule has 2 heterocycles. The molecule has 7 rings (SSSR count). The minimum atomic E-state index is -0.825. The molecule has 13 atom stereocenters. The van der Waals surface area contributed by atoms with Gasteiger partial charge < -0.3 is 33.5 Å². The van der Waals surface area contributed by atoms with Gasteiger partial charge in [-0.25, -0.2) is 0 Å². The summed E-state index contributed by atoms with van der Waals surface area (Å²) in [4.78, 5) is 2.61. The van der Waals surface area contributed by atoms with Crippen LogP contribution in [0.15, 0.2) is 0 Å². The second-order valence-corrected chi connectivity index (χ2v) is 12.2. The second-order valence-electron chi connectivity index (χ2n) is 12.2.